The molecular formula is C27H33F3N4O2. The number of fused-ring (bicyclic) bond motifs is 1. The monoisotopic (exact) mass is 502 g/mol. The lowest BCUT2D eigenvalue weighted by atomic mass is 9.95. The van der Waals surface area contributed by atoms with E-state index in [1.165, 1.54) is 25.0 Å². The van der Waals surface area contributed by atoms with Gasteiger partial charge in [-0.1, -0.05) is 31.1 Å². The van der Waals surface area contributed by atoms with Gasteiger partial charge < -0.3 is 25.2 Å². The first-order valence-corrected chi connectivity index (χ1v) is 12.7. The molecule has 0 spiro atoms. The average Bonchev–Trinajstić information content (AvgIpc) is 3.68. The number of hydrogen-bond donors (Lipinski definition) is 2. The van der Waals surface area contributed by atoms with Crippen LogP contribution in [-0.2, 0) is 11.0 Å². The fraction of sp³-hybridized carbons (Fsp3) is 0.519. The van der Waals surface area contributed by atoms with Crippen molar-refractivity contribution in [1.29, 1.82) is 0 Å². The maximum atomic E-state index is 13.4. The van der Waals surface area contributed by atoms with Crippen molar-refractivity contribution in [3.05, 3.63) is 65.8 Å². The zero-order valence-corrected chi connectivity index (χ0v) is 20.5. The lowest BCUT2D eigenvalue weighted by Crippen LogP contribution is -2.64. The molecule has 2 N–H and O–H groups in total. The number of amides is 1. The number of likely N-dealkylation sites (tertiary alicyclic amines) is 1. The molecule has 3 aliphatic heterocycles. The van der Waals surface area contributed by atoms with E-state index in [-0.39, 0.29) is 17.8 Å². The molecule has 9 heteroatoms. The number of ether oxygens (including phenoxy) is 1. The molecule has 1 aromatic carbocycles. The standard InChI is InChI=1S/C27H33F3N4O2/c1-26(25(35)31-14-11-19-9-10-19)18-34-15-5-4-7-22(34)24(32-26)33-16-12-20(13-17-33)36-23-8-3-2-6-21(23)27(28,29)30/h2-8,15,19-20,32H,9-14,16-18H2,1H3,(H,31,35). The summed E-state index contributed by atoms with van der Waals surface area (Å²) in [4.78, 5) is 17.5. The Morgan fingerprint density at radius 2 is 1.92 bits per heavy atom. The second-order valence-electron chi connectivity index (χ2n) is 10.3. The Morgan fingerprint density at radius 1 is 1.17 bits per heavy atom. The molecule has 0 bridgehead atoms. The molecule has 0 aromatic heterocycles. The predicted molar refractivity (Wildman–Crippen MR) is 131 cm³/mol. The highest BCUT2D eigenvalue weighted by Crippen LogP contribution is 2.37. The maximum Gasteiger partial charge on any atom is 0.419 e. The van der Waals surface area contributed by atoms with Crippen molar-refractivity contribution in [3.8, 4) is 5.75 Å². The maximum absolute atomic E-state index is 13.4. The van der Waals surface area contributed by atoms with Crippen LogP contribution in [0.25, 0.3) is 0 Å². The smallest absolute Gasteiger partial charge is 0.419 e. The van der Waals surface area contributed by atoms with Crippen LogP contribution in [-0.4, -0.2) is 53.5 Å². The van der Waals surface area contributed by atoms with E-state index in [9.17, 15) is 18.0 Å². The number of carbonyl (C=O) groups is 1. The van der Waals surface area contributed by atoms with E-state index in [4.69, 9.17) is 4.74 Å². The van der Waals surface area contributed by atoms with Gasteiger partial charge in [-0.05, 0) is 43.5 Å². The number of para-hydroxylation sites is 1. The summed E-state index contributed by atoms with van der Waals surface area (Å²) in [5.74, 6) is 1.48. The SMILES string of the molecule is CC1(C(=O)NCCC2CC2)CN2C=CC=CC2=C(N2CCC(Oc3ccccc3C(F)(F)F)CC2)N1. The van der Waals surface area contributed by atoms with Crippen LogP contribution in [0.3, 0.4) is 0 Å². The summed E-state index contributed by atoms with van der Waals surface area (Å²) >= 11 is 0. The zero-order chi connectivity index (χ0) is 25.3. The number of halogens is 3. The van der Waals surface area contributed by atoms with Crippen LogP contribution in [0, 0.1) is 5.92 Å². The summed E-state index contributed by atoms with van der Waals surface area (Å²) < 4.78 is 45.9. The van der Waals surface area contributed by atoms with E-state index >= 15 is 0 Å². The van der Waals surface area contributed by atoms with E-state index in [2.05, 4.69) is 20.4 Å². The van der Waals surface area contributed by atoms with Crippen LogP contribution in [0.5, 0.6) is 5.75 Å². The van der Waals surface area contributed by atoms with Gasteiger partial charge in [-0.25, -0.2) is 0 Å². The molecule has 1 unspecified atom stereocenters. The molecule has 4 aliphatic rings. The number of benzene rings is 1. The molecule has 1 atom stereocenters. The van der Waals surface area contributed by atoms with Crippen molar-refractivity contribution in [2.24, 2.45) is 5.92 Å². The number of carbonyl (C=O) groups excluding carboxylic acids is 1. The second-order valence-corrected chi connectivity index (χ2v) is 10.3. The summed E-state index contributed by atoms with van der Waals surface area (Å²) in [5, 5.41) is 6.63. The van der Waals surface area contributed by atoms with Crippen molar-refractivity contribution in [1.82, 2.24) is 20.4 Å². The predicted octanol–water partition coefficient (Wildman–Crippen LogP) is 4.38. The third kappa shape index (κ3) is 5.34. The van der Waals surface area contributed by atoms with Crippen LogP contribution < -0.4 is 15.4 Å². The summed E-state index contributed by atoms with van der Waals surface area (Å²) in [5.41, 5.74) is -0.566. The Balaban J connectivity index is 1.26. The minimum absolute atomic E-state index is 0.0235. The minimum Gasteiger partial charge on any atom is -0.490 e. The van der Waals surface area contributed by atoms with Gasteiger partial charge in [-0.2, -0.15) is 13.2 Å². The molecule has 194 valence electrons. The lowest BCUT2D eigenvalue weighted by molar-refractivity contribution is -0.139. The van der Waals surface area contributed by atoms with Gasteiger partial charge in [0.25, 0.3) is 0 Å². The molecule has 1 aromatic rings. The minimum atomic E-state index is -4.45. The fourth-order valence-corrected chi connectivity index (χ4v) is 5.08. The number of hydrogen-bond acceptors (Lipinski definition) is 5. The number of piperidine rings is 1. The Hall–Kier alpha value is -3.10. The summed E-state index contributed by atoms with van der Waals surface area (Å²) in [6.07, 6.45) is 7.85. The van der Waals surface area contributed by atoms with Crippen molar-refractivity contribution in [2.45, 2.75) is 56.8 Å². The zero-order valence-electron chi connectivity index (χ0n) is 20.5. The van der Waals surface area contributed by atoms with Crippen molar-refractivity contribution >= 4 is 5.91 Å². The quantitative estimate of drug-likeness (QED) is 0.580. The van der Waals surface area contributed by atoms with Crippen molar-refractivity contribution in [2.75, 3.05) is 26.2 Å². The summed E-state index contributed by atoms with van der Waals surface area (Å²) in [6, 6.07) is 5.37. The summed E-state index contributed by atoms with van der Waals surface area (Å²) in [6.45, 7) is 4.33. The second kappa shape index (κ2) is 9.75. The van der Waals surface area contributed by atoms with Crippen LogP contribution in [0.4, 0.5) is 13.2 Å². The van der Waals surface area contributed by atoms with Gasteiger partial charge in [-0.15, -0.1) is 0 Å². The highest BCUT2D eigenvalue weighted by atomic mass is 19.4. The first kappa shape index (κ1) is 24.6. The number of nitrogens with zero attached hydrogens (tertiary/aromatic N) is 2. The molecule has 1 saturated carbocycles. The van der Waals surface area contributed by atoms with Gasteiger partial charge in [-0.3, -0.25) is 4.79 Å². The van der Waals surface area contributed by atoms with Crippen LogP contribution in [0.2, 0.25) is 0 Å². The topological polar surface area (TPSA) is 56.8 Å². The highest BCUT2D eigenvalue weighted by molar-refractivity contribution is 5.87. The number of allylic oxidation sites excluding steroid dienone is 3. The first-order chi connectivity index (χ1) is 17.2. The molecule has 5 rings (SSSR count). The van der Waals surface area contributed by atoms with Gasteiger partial charge in [0, 0.05) is 38.7 Å². The average molecular weight is 503 g/mol. The molecule has 6 nitrogen and oxygen atoms in total. The molecule has 1 saturated heterocycles. The number of nitrogens with one attached hydrogen (secondary N) is 2. The third-order valence-electron chi connectivity index (χ3n) is 7.34. The Labute approximate surface area is 209 Å². The van der Waals surface area contributed by atoms with Crippen LogP contribution in [0.15, 0.2) is 60.2 Å². The molecule has 3 heterocycles. The normalized spacial score (nSPS) is 24.4. The summed E-state index contributed by atoms with van der Waals surface area (Å²) in [7, 11) is 0. The molecule has 0 radical (unpaired) electrons. The lowest BCUT2D eigenvalue weighted by Gasteiger charge is -2.47. The van der Waals surface area contributed by atoms with Gasteiger partial charge in [0.2, 0.25) is 5.91 Å². The van der Waals surface area contributed by atoms with Gasteiger partial charge >= 0.3 is 6.18 Å². The van der Waals surface area contributed by atoms with Crippen LogP contribution >= 0.6 is 0 Å². The molecule has 36 heavy (non-hydrogen) atoms. The van der Waals surface area contributed by atoms with E-state index in [1.807, 2.05) is 31.4 Å². The van der Waals surface area contributed by atoms with Crippen LogP contribution in [0.1, 0.15) is 44.6 Å². The Bertz CT molecular complexity index is 1070. The van der Waals surface area contributed by atoms with E-state index < -0.39 is 17.3 Å². The van der Waals surface area contributed by atoms with Gasteiger partial charge in [0.15, 0.2) is 0 Å². The first-order valence-electron chi connectivity index (χ1n) is 12.7. The van der Waals surface area contributed by atoms with E-state index in [1.54, 1.807) is 6.07 Å². The Kier molecular flexibility index (Phi) is 6.66. The molecular weight excluding hydrogens is 469 g/mol. The van der Waals surface area contributed by atoms with E-state index in [0.29, 0.717) is 39.0 Å². The third-order valence-corrected chi connectivity index (χ3v) is 7.34. The molecule has 1 amide bonds. The van der Waals surface area contributed by atoms with Crippen molar-refractivity contribution < 1.29 is 22.7 Å². The fourth-order valence-electron chi connectivity index (χ4n) is 5.08. The number of rotatable bonds is 7. The van der Waals surface area contributed by atoms with Gasteiger partial charge in [0.1, 0.15) is 23.2 Å². The van der Waals surface area contributed by atoms with Crippen molar-refractivity contribution in [3.63, 3.8) is 0 Å². The number of alkyl halides is 3. The highest BCUT2D eigenvalue weighted by Gasteiger charge is 2.42. The largest absolute Gasteiger partial charge is 0.490 e. The Morgan fingerprint density at radius 3 is 2.64 bits per heavy atom. The van der Waals surface area contributed by atoms with E-state index in [0.717, 1.165) is 29.9 Å². The molecule has 2 fully saturated rings. The molecule has 1 aliphatic carbocycles. The van der Waals surface area contributed by atoms with Gasteiger partial charge in [0.05, 0.1) is 17.8 Å².